The Bertz CT molecular complexity index is 763. The quantitative estimate of drug-likeness (QED) is 0.780. The summed E-state index contributed by atoms with van der Waals surface area (Å²) in [4.78, 5) is 21.1. The standard InChI is InChI=1S/C18H22F2N4O2S/c1-13-21-14(12-27-13)10-23-6-8-24(9-7-23)11-17(25)22-15-4-2-3-5-16(15)26-18(19)20/h2-5,12,18H,6-11H2,1H3,(H,22,25). The van der Waals surface area contributed by atoms with Gasteiger partial charge in [0.1, 0.15) is 5.75 Å². The topological polar surface area (TPSA) is 57.7 Å². The molecule has 2 heterocycles. The highest BCUT2D eigenvalue weighted by Crippen LogP contribution is 2.25. The SMILES string of the molecule is Cc1nc(CN2CCN(CC(=O)Nc3ccccc3OC(F)F)CC2)cs1. The second-order valence-electron chi connectivity index (χ2n) is 6.33. The van der Waals surface area contributed by atoms with Crippen molar-refractivity contribution >= 4 is 22.9 Å². The fraction of sp³-hybridized carbons (Fsp3) is 0.444. The van der Waals surface area contributed by atoms with Gasteiger partial charge in [0.25, 0.3) is 0 Å². The Morgan fingerprint density at radius 1 is 1.26 bits per heavy atom. The normalized spacial score (nSPS) is 15.9. The van der Waals surface area contributed by atoms with Crippen LogP contribution in [0.4, 0.5) is 14.5 Å². The molecule has 0 bridgehead atoms. The third kappa shape index (κ3) is 5.95. The van der Waals surface area contributed by atoms with Gasteiger partial charge in [-0.2, -0.15) is 8.78 Å². The first-order chi connectivity index (χ1) is 13.0. The fourth-order valence-electron chi connectivity index (χ4n) is 2.98. The van der Waals surface area contributed by atoms with E-state index in [1.807, 2.05) is 6.92 Å². The first kappa shape index (κ1) is 19.7. The summed E-state index contributed by atoms with van der Waals surface area (Å²) >= 11 is 1.65. The molecule has 1 aromatic carbocycles. The number of hydrogen-bond donors (Lipinski definition) is 1. The number of alkyl halides is 2. The number of carbonyl (C=O) groups excluding carboxylic acids is 1. The molecule has 9 heteroatoms. The van der Waals surface area contributed by atoms with Crippen molar-refractivity contribution in [3.8, 4) is 5.75 Å². The zero-order valence-corrected chi connectivity index (χ0v) is 15.8. The molecule has 6 nitrogen and oxygen atoms in total. The molecule has 1 amide bonds. The van der Waals surface area contributed by atoms with E-state index in [1.165, 1.54) is 6.07 Å². The van der Waals surface area contributed by atoms with Crippen molar-refractivity contribution in [1.82, 2.24) is 14.8 Å². The summed E-state index contributed by atoms with van der Waals surface area (Å²) in [6.07, 6.45) is 0. The highest BCUT2D eigenvalue weighted by Gasteiger charge is 2.20. The van der Waals surface area contributed by atoms with Crippen LogP contribution in [0.1, 0.15) is 10.7 Å². The Labute approximate surface area is 160 Å². The number of amides is 1. The van der Waals surface area contributed by atoms with Crippen LogP contribution in [0.15, 0.2) is 29.6 Å². The molecule has 0 saturated carbocycles. The molecule has 1 N–H and O–H groups in total. The lowest BCUT2D eigenvalue weighted by atomic mass is 10.2. The Morgan fingerprint density at radius 2 is 1.96 bits per heavy atom. The summed E-state index contributed by atoms with van der Waals surface area (Å²) in [6.45, 7) is 3.35. The third-order valence-electron chi connectivity index (χ3n) is 4.26. The van der Waals surface area contributed by atoms with Gasteiger partial charge >= 0.3 is 6.61 Å². The average molecular weight is 396 g/mol. The van der Waals surface area contributed by atoms with Crippen LogP contribution in [0.3, 0.4) is 0 Å². The molecule has 146 valence electrons. The number of para-hydroxylation sites is 2. The number of benzene rings is 1. The maximum Gasteiger partial charge on any atom is 0.387 e. The van der Waals surface area contributed by atoms with Gasteiger partial charge in [-0.1, -0.05) is 12.1 Å². The van der Waals surface area contributed by atoms with E-state index in [0.29, 0.717) is 0 Å². The van der Waals surface area contributed by atoms with Crippen LogP contribution in [-0.4, -0.2) is 60.0 Å². The van der Waals surface area contributed by atoms with E-state index in [4.69, 9.17) is 0 Å². The molecule has 1 saturated heterocycles. The molecular formula is C18H22F2N4O2S. The number of halogens is 2. The Balaban J connectivity index is 1.46. The van der Waals surface area contributed by atoms with E-state index in [2.05, 4.69) is 30.2 Å². The first-order valence-electron chi connectivity index (χ1n) is 8.69. The maximum absolute atomic E-state index is 12.5. The summed E-state index contributed by atoms with van der Waals surface area (Å²) in [5.74, 6) is -0.284. The summed E-state index contributed by atoms with van der Waals surface area (Å²) in [7, 11) is 0. The van der Waals surface area contributed by atoms with Gasteiger partial charge in [-0.3, -0.25) is 14.6 Å². The van der Waals surface area contributed by atoms with Gasteiger partial charge in [-0.05, 0) is 19.1 Å². The zero-order valence-electron chi connectivity index (χ0n) is 15.0. The van der Waals surface area contributed by atoms with Crippen molar-refractivity contribution in [2.24, 2.45) is 0 Å². The summed E-state index contributed by atoms with van der Waals surface area (Å²) in [5.41, 5.74) is 1.33. The van der Waals surface area contributed by atoms with E-state index in [0.717, 1.165) is 43.4 Å². The second-order valence-corrected chi connectivity index (χ2v) is 7.40. The van der Waals surface area contributed by atoms with Gasteiger partial charge in [0.2, 0.25) is 5.91 Å². The average Bonchev–Trinajstić information content (AvgIpc) is 3.03. The molecule has 3 rings (SSSR count). The minimum atomic E-state index is -2.93. The van der Waals surface area contributed by atoms with Crippen molar-refractivity contribution < 1.29 is 18.3 Å². The number of hydrogen-bond acceptors (Lipinski definition) is 6. The van der Waals surface area contributed by atoms with Gasteiger partial charge in [0.15, 0.2) is 0 Å². The molecule has 2 aromatic rings. The van der Waals surface area contributed by atoms with E-state index in [1.54, 1.807) is 29.5 Å². The van der Waals surface area contributed by atoms with Crippen molar-refractivity contribution in [3.63, 3.8) is 0 Å². The van der Waals surface area contributed by atoms with Gasteiger partial charge in [-0.15, -0.1) is 11.3 Å². The number of piperazine rings is 1. The molecule has 1 fully saturated rings. The van der Waals surface area contributed by atoms with Crippen molar-refractivity contribution in [2.45, 2.75) is 20.1 Å². The van der Waals surface area contributed by atoms with Gasteiger partial charge < -0.3 is 10.1 Å². The molecule has 27 heavy (non-hydrogen) atoms. The number of anilines is 1. The van der Waals surface area contributed by atoms with Crippen LogP contribution >= 0.6 is 11.3 Å². The predicted molar refractivity (Wildman–Crippen MR) is 100 cm³/mol. The van der Waals surface area contributed by atoms with Gasteiger partial charge in [0, 0.05) is 38.1 Å². The van der Waals surface area contributed by atoms with Crippen molar-refractivity contribution in [3.05, 3.63) is 40.3 Å². The smallest absolute Gasteiger partial charge is 0.387 e. The molecule has 0 radical (unpaired) electrons. The Hall–Kier alpha value is -2.10. The lowest BCUT2D eigenvalue weighted by molar-refractivity contribution is -0.117. The Morgan fingerprint density at radius 3 is 2.63 bits per heavy atom. The number of aryl methyl sites for hydroxylation is 1. The maximum atomic E-state index is 12.5. The predicted octanol–water partition coefficient (Wildman–Crippen LogP) is 2.81. The largest absolute Gasteiger partial charge is 0.433 e. The summed E-state index contributed by atoms with van der Waals surface area (Å²) in [5, 5.41) is 5.80. The third-order valence-corrected chi connectivity index (χ3v) is 5.08. The Kier molecular flexibility index (Phi) is 6.70. The van der Waals surface area contributed by atoms with Crippen molar-refractivity contribution in [2.75, 3.05) is 38.0 Å². The molecule has 0 atom stereocenters. The molecule has 0 aliphatic carbocycles. The molecule has 0 unspecified atom stereocenters. The van der Waals surface area contributed by atoms with Crippen LogP contribution in [0.2, 0.25) is 0 Å². The number of rotatable bonds is 7. The van der Waals surface area contributed by atoms with Gasteiger partial charge in [-0.25, -0.2) is 4.98 Å². The zero-order chi connectivity index (χ0) is 19.2. The minimum absolute atomic E-state index is 0.0378. The monoisotopic (exact) mass is 396 g/mol. The number of nitrogens with zero attached hydrogens (tertiary/aromatic N) is 3. The number of thiazole rings is 1. The molecule has 0 spiro atoms. The highest BCUT2D eigenvalue weighted by atomic mass is 32.1. The molecule has 1 aliphatic heterocycles. The van der Waals surface area contributed by atoms with E-state index >= 15 is 0 Å². The number of nitrogens with one attached hydrogen (secondary N) is 1. The molecular weight excluding hydrogens is 374 g/mol. The van der Waals surface area contributed by atoms with Gasteiger partial charge in [0.05, 0.1) is 22.9 Å². The lowest BCUT2D eigenvalue weighted by Gasteiger charge is -2.33. The van der Waals surface area contributed by atoms with Crippen LogP contribution in [-0.2, 0) is 11.3 Å². The number of ether oxygens (including phenoxy) is 1. The van der Waals surface area contributed by atoms with Crippen LogP contribution < -0.4 is 10.1 Å². The summed E-state index contributed by atoms with van der Waals surface area (Å²) < 4.78 is 29.3. The van der Waals surface area contributed by atoms with Crippen LogP contribution in [0, 0.1) is 6.92 Å². The van der Waals surface area contributed by atoms with E-state index < -0.39 is 6.61 Å². The molecule has 1 aliphatic rings. The highest BCUT2D eigenvalue weighted by molar-refractivity contribution is 7.09. The number of carbonyl (C=O) groups is 1. The van der Waals surface area contributed by atoms with Crippen molar-refractivity contribution in [1.29, 1.82) is 0 Å². The minimum Gasteiger partial charge on any atom is -0.433 e. The number of aromatic nitrogens is 1. The second kappa shape index (κ2) is 9.20. The lowest BCUT2D eigenvalue weighted by Crippen LogP contribution is -2.48. The summed E-state index contributed by atoms with van der Waals surface area (Å²) in [6, 6.07) is 6.19. The fourth-order valence-corrected chi connectivity index (χ4v) is 3.58. The van der Waals surface area contributed by atoms with Crippen LogP contribution in [0.25, 0.3) is 0 Å². The first-order valence-corrected chi connectivity index (χ1v) is 9.57. The van der Waals surface area contributed by atoms with E-state index in [9.17, 15) is 13.6 Å². The van der Waals surface area contributed by atoms with E-state index in [-0.39, 0.29) is 23.9 Å². The van der Waals surface area contributed by atoms with Crippen LogP contribution in [0.5, 0.6) is 5.75 Å². The molecule has 1 aromatic heterocycles.